The van der Waals surface area contributed by atoms with Gasteiger partial charge in [-0.15, -0.1) is 0 Å². The van der Waals surface area contributed by atoms with E-state index in [1.54, 1.807) is 18.2 Å². The maximum atomic E-state index is 12.3. The van der Waals surface area contributed by atoms with Crippen LogP contribution in [0.5, 0.6) is 5.75 Å². The van der Waals surface area contributed by atoms with Crippen LogP contribution in [0.1, 0.15) is 5.56 Å². The molecule has 2 aromatic carbocycles. The van der Waals surface area contributed by atoms with E-state index in [0.29, 0.717) is 15.8 Å². The lowest BCUT2D eigenvalue weighted by Gasteiger charge is -2.27. The number of carbonyl (C=O) groups excluding carboxylic acids is 1. The van der Waals surface area contributed by atoms with Gasteiger partial charge in [0.1, 0.15) is 5.75 Å². The van der Waals surface area contributed by atoms with Crippen LogP contribution in [0.15, 0.2) is 42.5 Å². The van der Waals surface area contributed by atoms with Gasteiger partial charge in [0.05, 0.1) is 5.02 Å². The highest BCUT2D eigenvalue weighted by molar-refractivity contribution is 7.99. The molecule has 1 aliphatic heterocycles. The first-order valence-electron chi connectivity index (χ1n) is 8.37. The van der Waals surface area contributed by atoms with Gasteiger partial charge in [-0.25, -0.2) is 0 Å². The minimum atomic E-state index is -0.224. The van der Waals surface area contributed by atoms with Crippen molar-refractivity contribution in [2.45, 2.75) is 6.54 Å². The monoisotopic (exact) mass is 410 g/mol. The molecule has 0 atom stereocenters. The molecule has 0 unspecified atom stereocenters. The van der Waals surface area contributed by atoms with E-state index in [9.17, 15) is 4.79 Å². The number of carbonyl (C=O) groups is 1. The molecule has 1 fully saturated rings. The number of nitrogens with zero attached hydrogens (tertiary/aromatic N) is 1. The van der Waals surface area contributed by atoms with E-state index in [-0.39, 0.29) is 12.5 Å². The molecule has 4 nitrogen and oxygen atoms in total. The van der Waals surface area contributed by atoms with Crippen molar-refractivity contribution in [1.82, 2.24) is 4.90 Å². The molecule has 3 rings (SSSR count). The molecular weight excluding hydrogens is 391 g/mol. The molecule has 0 saturated carbocycles. The van der Waals surface area contributed by atoms with Gasteiger partial charge in [0.15, 0.2) is 6.61 Å². The number of ether oxygens (including phenoxy) is 1. The van der Waals surface area contributed by atoms with Gasteiger partial charge in [-0.3, -0.25) is 9.69 Å². The van der Waals surface area contributed by atoms with Crippen LogP contribution in [0.3, 0.4) is 0 Å². The molecule has 1 N–H and O–H groups in total. The molecule has 0 aromatic heterocycles. The molecule has 26 heavy (non-hydrogen) atoms. The highest BCUT2D eigenvalue weighted by Gasteiger charge is 2.14. The number of hydrogen-bond donors (Lipinski definition) is 1. The van der Waals surface area contributed by atoms with Crippen molar-refractivity contribution in [3.63, 3.8) is 0 Å². The lowest BCUT2D eigenvalue weighted by atomic mass is 10.1. The normalized spacial score (nSPS) is 14.8. The van der Waals surface area contributed by atoms with Crippen molar-refractivity contribution >= 4 is 46.6 Å². The second-order valence-corrected chi connectivity index (χ2v) is 8.03. The summed E-state index contributed by atoms with van der Waals surface area (Å²) in [4.78, 5) is 14.7. The van der Waals surface area contributed by atoms with Crippen LogP contribution in [-0.2, 0) is 11.3 Å². The highest BCUT2D eigenvalue weighted by atomic mass is 35.5. The van der Waals surface area contributed by atoms with Gasteiger partial charge in [-0.2, -0.15) is 11.8 Å². The maximum absolute atomic E-state index is 12.3. The average Bonchev–Trinajstić information content (AvgIpc) is 2.63. The number of nitrogens with one attached hydrogen (secondary N) is 1. The highest BCUT2D eigenvalue weighted by Crippen LogP contribution is 2.27. The Kier molecular flexibility index (Phi) is 7.08. The van der Waals surface area contributed by atoms with E-state index in [4.69, 9.17) is 27.9 Å². The smallest absolute Gasteiger partial charge is 0.262 e. The second-order valence-electron chi connectivity index (χ2n) is 5.96. The molecule has 0 spiro atoms. The van der Waals surface area contributed by atoms with Crippen LogP contribution in [-0.4, -0.2) is 42.0 Å². The van der Waals surface area contributed by atoms with E-state index >= 15 is 0 Å². The summed E-state index contributed by atoms with van der Waals surface area (Å²) in [5, 5.41) is 3.84. The van der Waals surface area contributed by atoms with Crippen molar-refractivity contribution in [2.24, 2.45) is 0 Å². The lowest BCUT2D eigenvalue weighted by Crippen LogP contribution is -2.32. The Morgan fingerprint density at radius 3 is 2.69 bits per heavy atom. The Hall–Kier alpha value is -1.40. The minimum Gasteiger partial charge on any atom is -0.482 e. The van der Waals surface area contributed by atoms with E-state index in [0.717, 1.165) is 42.4 Å². The van der Waals surface area contributed by atoms with E-state index < -0.39 is 0 Å². The third-order valence-electron chi connectivity index (χ3n) is 4.04. The summed E-state index contributed by atoms with van der Waals surface area (Å²) in [6.45, 7) is 2.87. The molecule has 1 aliphatic rings. The first-order valence-corrected chi connectivity index (χ1v) is 10.3. The number of amides is 1. The van der Waals surface area contributed by atoms with Gasteiger partial charge in [0, 0.05) is 41.8 Å². The summed E-state index contributed by atoms with van der Waals surface area (Å²) in [6, 6.07) is 12.8. The molecule has 0 radical (unpaired) electrons. The van der Waals surface area contributed by atoms with Crippen LogP contribution in [0.25, 0.3) is 0 Å². The fraction of sp³-hybridized carbons (Fsp3) is 0.316. The van der Waals surface area contributed by atoms with Gasteiger partial charge in [-0.05, 0) is 29.8 Å². The van der Waals surface area contributed by atoms with Crippen molar-refractivity contribution in [3.8, 4) is 5.75 Å². The Balaban J connectivity index is 1.58. The molecular formula is C19H20Cl2N2O2S. The summed E-state index contributed by atoms with van der Waals surface area (Å²) >= 11 is 13.9. The van der Waals surface area contributed by atoms with Gasteiger partial charge in [0.2, 0.25) is 0 Å². The Bertz CT molecular complexity index is 767. The zero-order valence-corrected chi connectivity index (χ0v) is 16.5. The zero-order valence-electron chi connectivity index (χ0n) is 14.2. The number of thioether (sulfide) groups is 1. The first-order chi connectivity index (χ1) is 12.6. The zero-order chi connectivity index (χ0) is 18.4. The van der Waals surface area contributed by atoms with E-state index in [1.165, 1.54) is 0 Å². The summed E-state index contributed by atoms with van der Waals surface area (Å²) < 4.78 is 5.50. The Labute approximate surface area is 167 Å². The van der Waals surface area contributed by atoms with Crippen LogP contribution < -0.4 is 10.1 Å². The molecule has 0 bridgehead atoms. The first kappa shape index (κ1) is 19.4. The lowest BCUT2D eigenvalue weighted by molar-refractivity contribution is -0.118. The largest absolute Gasteiger partial charge is 0.482 e. The van der Waals surface area contributed by atoms with Crippen molar-refractivity contribution < 1.29 is 9.53 Å². The summed E-state index contributed by atoms with van der Waals surface area (Å²) in [5.41, 5.74) is 1.93. The average molecular weight is 411 g/mol. The minimum absolute atomic E-state index is 0.115. The fourth-order valence-electron chi connectivity index (χ4n) is 2.70. The predicted octanol–water partition coefficient (Wildman–Crippen LogP) is 4.56. The van der Waals surface area contributed by atoms with Gasteiger partial charge in [0.25, 0.3) is 5.91 Å². The molecule has 0 aliphatic carbocycles. The Morgan fingerprint density at radius 1 is 1.15 bits per heavy atom. The van der Waals surface area contributed by atoms with Crippen LogP contribution >= 0.6 is 35.0 Å². The SMILES string of the molecule is O=C(COc1ccc(Cl)cc1Cl)Nc1ccccc1CN1CCSCC1. The number of anilines is 1. The Morgan fingerprint density at radius 2 is 1.92 bits per heavy atom. The third-order valence-corrected chi connectivity index (χ3v) is 5.51. The standard InChI is InChI=1S/C19H20Cl2N2O2S/c20-15-5-6-18(16(21)11-15)25-13-19(24)22-17-4-2-1-3-14(17)12-23-7-9-26-10-8-23/h1-6,11H,7-10,12-13H2,(H,22,24). The van der Waals surface area contributed by atoms with Crippen molar-refractivity contribution in [1.29, 1.82) is 0 Å². The van der Waals surface area contributed by atoms with Crippen molar-refractivity contribution in [3.05, 3.63) is 58.1 Å². The topological polar surface area (TPSA) is 41.6 Å². The maximum Gasteiger partial charge on any atom is 0.262 e. The number of para-hydroxylation sites is 1. The third kappa shape index (κ3) is 5.55. The number of halogens is 2. The predicted molar refractivity (Wildman–Crippen MR) is 110 cm³/mol. The second kappa shape index (κ2) is 9.51. The summed E-state index contributed by atoms with van der Waals surface area (Å²) in [7, 11) is 0. The van der Waals surface area contributed by atoms with Crippen molar-refractivity contribution in [2.75, 3.05) is 36.5 Å². The number of rotatable bonds is 6. The molecule has 1 amide bonds. The molecule has 1 saturated heterocycles. The quantitative estimate of drug-likeness (QED) is 0.757. The van der Waals surface area contributed by atoms with Gasteiger partial charge in [-0.1, -0.05) is 41.4 Å². The van der Waals surface area contributed by atoms with Gasteiger partial charge >= 0.3 is 0 Å². The van der Waals surface area contributed by atoms with Crippen LogP contribution in [0.4, 0.5) is 5.69 Å². The van der Waals surface area contributed by atoms with Crippen LogP contribution in [0.2, 0.25) is 10.0 Å². The number of hydrogen-bond acceptors (Lipinski definition) is 4. The van der Waals surface area contributed by atoms with Crippen LogP contribution in [0, 0.1) is 0 Å². The summed E-state index contributed by atoms with van der Waals surface area (Å²) in [6.07, 6.45) is 0. The summed E-state index contributed by atoms with van der Waals surface area (Å²) in [5.74, 6) is 2.53. The molecule has 2 aromatic rings. The fourth-order valence-corrected chi connectivity index (χ4v) is 4.14. The molecule has 138 valence electrons. The molecule has 7 heteroatoms. The number of benzene rings is 2. The van der Waals surface area contributed by atoms with Gasteiger partial charge < -0.3 is 10.1 Å². The van der Waals surface area contributed by atoms with E-state index in [1.807, 2.05) is 36.0 Å². The van der Waals surface area contributed by atoms with E-state index in [2.05, 4.69) is 10.2 Å². The molecule has 1 heterocycles.